The summed E-state index contributed by atoms with van der Waals surface area (Å²) in [6.07, 6.45) is 1.39. The largest absolute Gasteiger partial charge is 0.550 e. The second kappa shape index (κ2) is 6.70. The van der Waals surface area contributed by atoms with Gasteiger partial charge in [0.15, 0.2) is 11.5 Å². The van der Waals surface area contributed by atoms with E-state index in [1.165, 1.54) is 12.0 Å². The quantitative estimate of drug-likeness (QED) is 0.558. The van der Waals surface area contributed by atoms with Crippen LogP contribution in [0.3, 0.4) is 0 Å². The highest BCUT2D eigenvalue weighted by Crippen LogP contribution is 2.43. The van der Waals surface area contributed by atoms with Crippen molar-refractivity contribution in [3.8, 4) is 17.2 Å². The fourth-order valence-electron chi connectivity index (χ4n) is 2.28. The molecule has 0 aliphatic carbocycles. The fraction of sp³-hybridized carbons (Fsp3) is 0.267. The van der Waals surface area contributed by atoms with Crippen LogP contribution in [0.1, 0.15) is 12.0 Å². The first-order chi connectivity index (χ1) is 11.5. The van der Waals surface area contributed by atoms with E-state index in [0.29, 0.717) is 32.0 Å². The van der Waals surface area contributed by atoms with E-state index in [1.807, 2.05) is 0 Å². The van der Waals surface area contributed by atoms with E-state index >= 15 is 0 Å². The van der Waals surface area contributed by atoms with Gasteiger partial charge in [-0.05, 0) is 23.8 Å². The third kappa shape index (κ3) is 3.17. The molecule has 126 valence electrons. The Morgan fingerprint density at radius 2 is 2.29 bits per heavy atom. The number of methoxy groups -OCH3 is 1. The van der Waals surface area contributed by atoms with Crippen molar-refractivity contribution in [2.24, 2.45) is 0 Å². The molecular formula is C15H12NO6S2-. The second-order valence-electron chi connectivity index (χ2n) is 4.91. The Labute approximate surface area is 147 Å². The van der Waals surface area contributed by atoms with Crippen LogP contribution in [0.4, 0.5) is 0 Å². The van der Waals surface area contributed by atoms with Gasteiger partial charge in [0.05, 0.1) is 12.0 Å². The van der Waals surface area contributed by atoms with Crippen LogP contribution in [-0.4, -0.2) is 41.5 Å². The van der Waals surface area contributed by atoms with Gasteiger partial charge in [-0.15, -0.1) is 0 Å². The summed E-state index contributed by atoms with van der Waals surface area (Å²) in [5.74, 6) is 0.00397. The molecule has 1 amide bonds. The molecule has 0 N–H and O–H groups in total. The van der Waals surface area contributed by atoms with Crippen molar-refractivity contribution >= 4 is 46.3 Å². The maximum absolute atomic E-state index is 12.4. The zero-order chi connectivity index (χ0) is 17.3. The van der Waals surface area contributed by atoms with E-state index in [2.05, 4.69) is 0 Å². The number of benzene rings is 1. The predicted octanol–water partition coefficient (Wildman–Crippen LogP) is 0.765. The van der Waals surface area contributed by atoms with Gasteiger partial charge in [0.25, 0.3) is 5.91 Å². The molecular weight excluding hydrogens is 354 g/mol. The van der Waals surface area contributed by atoms with Crippen LogP contribution in [0, 0.1) is 0 Å². The first-order valence-corrected chi connectivity index (χ1v) is 8.15. The average Bonchev–Trinajstić information content (AvgIpc) is 3.10. The Kier molecular flexibility index (Phi) is 4.63. The Morgan fingerprint density at radius 3 is 3.00 bits per heavy atom. The van der Waals surface area contributed by atoms with Gasteiger partial charge < -0.3 is 24.1 Å². The number of hydrogen-bond acceptors (Lipinski definition) is 8. The number of amides is 1. The topological polar surface area (TPSA) is 88.1 Å². The van der Waals surface area contributed by atoms with Crippen LogP contribution in [0.5, 0.6) is 17.2 Å². The highest BCUT2D eigenvalue weighted by Gasteiger charge is 2.32. The van der Waals surface area contributed by atoms with Gasteiger partial charge in [-0.2, -0.15) is 0 Å². The van der Waals surface area contributed by atoms with Crippen molar-refractivity contribution in [2.75, 3.05) is 20.4 Å². The third-order valence-corrected chi connectivity index (χ3v) is 4.77. The summed E-state index contributed by atoms with van der Waals surface area (Å²) < 4.78 is 16.3. The van der Waals surface area contributed by atoms with Crippen molar-refractivity contribution in [3.05, 3.63) is 22.6 Å². The third-order valence-electron chi connectivity index (χ3n) is 3.39. The summed E-state index contributed by atoms with van der Waals surface area (Å²) >= 11 is 6.25. The molecule has 3 rings (SSSR count). The Bertz CT molecular complexity index is 761. The molecule has 0 aromatic heterocycles. The van der Waals surface area contributed by atoms with E-state index in [4.69, 9.17) is 26.4 Å². The normalized spacial score (nSPS) is 17.7. The fourth-order valence-corrected chi connectivity index (χ4v) is 3.59. The first kappa shape index (κ1) is 16.6. The SMILES string of the molecule is COc1cc(/C=C2\SC(=S)N(CCC(=O)[O-])C2=O)cc2c1OCO2. The van der Waals surface area contributed by atoms with E-state index in [0.717, 1.165) is 11.8 Å². The molecule has 7 nitrogen and oxygen atoms in total. The molecule has 0 spiro atoms. The van der Waals surface area contributed by atoms with E-state index < -0.39 is 5.97 Å². The van der Waals surface area contributed by atoms with Crippen molar-refractivity contribution in [2.45, 2.75) is 6.42 Å². The van der Waals surface area contributed by atoms with Crippen LogP contribution >= 0.6 is 24.0 Å². The Balaban J connectivity index is 1.85. The molecule has 1 fully saturated rings. The molecule has 2 aliphatic heterocycles. The molecule has 0 unspecified atom stereocenters. The van der Waals surface area contributed by atoms with Gasteiger partial charge in [0.2, 0.25) is 12.5 Å². The number of ether oxygens (including phenoxy) is 3. The zero-order valence-corrected chi connectivity index (χ0v) is 14.2. The average molecular weight is 366 g/mol. The number of thioether (sulfide) groups is 1. The van der Waals surface area contributed by atoms with Crippen molar-refractivity contribution in [1.29, 1.82) is 0 Å². The molecule has 1 saturated heterocycles. The number of carbonyl (C=O) groups excluding carboxylic acids is 2. The van der Waals surface area contributed by atoms with Crippen LogP contribution in [0.2, 0.25) is 0 Å². The van der Waals surface area contributed by atoms with E-state index in [9.17, 15) is 14.7 Å². The highest BCUT2D eigenvalue weighted by atomic mass is 32.2. The van der Waals surface area contributed by atoms with Crippen molar-refractivity contribution in [1.82, 2.24) is 4.90 Å². The van der Waals surface area contributed by atoms with Crippen LogP contribution < -0.4 is 19.3 Å². The summed E-state index contributed by atoms with van der Waals surface area (Å²) in [6, 6.07) is 3.46. The summed E-state index contributed by atoms with van der Waals surface area (Å²) in [7, 11) is 1.51. The molecule has 0 atom stereocenters. The minimum Gasteiger partial charge on any atom is -0.550 e. The molecule has 2 heterocycles. The van der Waals surface area contributed by atoms with E-state index in [-0.39, 0.29) is 25.7 Å². The van der Waals surface area contributed by atoms with Crippen molar-refractivity contribution in [3.63, 3.8) is 0 Å². The van der Waals surface area contributed by atoms with Gasteiger partial charge in [-0.25, -0.2) is 0 Å². The summed E-state index contributed by atoms with van der Waals surface area (Å²) in [5, 5.41) is 10.6. The van der Waals surface area contributed by atoms with Crippen molar-refractivity contribution < 1.29 is 28.9 Å². The Morgan fingerprint density at radius 1 is 1.50 bits per heavy atom. The number of aliphatic carboxylic acids is 1. The summed E-state index contributed by atoms with van der Waals surface area (Å²) in [5.41, 5.74) is 0.691. The van der Waals surface area contributed by atoms with Crippen LogP contribution in [0.25, 0.3) is 6.08 Å². The standard InChI is InChI=1S/C15H13NO6S2/c1-20-9-4-8(5-10-13(9)22-7-21-10)6-11-14(19)16(15(23)24-11)3-2-12(17)18/h4-6H,2-3,7H2,1H3,(H,17,18)/p-1/b11-6-. The maximum atomic E-state index is 12.4. The number of thiocarbonyl (C=S) groups is 1. The minimum atomic E-state index is -1.23. The Hall–Kier alpha value is -2.26. The number of carbonyl (C=O) groups is 2. The van der Waals surface area contributed by atoms with Crippen LogP contribution in [-0.2, 0) is 9.59 Å². The number of fused-ring (bicyclic) bond motifs is 1. The molecule has 24 heavy (non-hydrogen) atoms. The number of nitrogens with zero attached hydrogens (tertiary/aromatic N) is 1. The smallest absolute Gasteiger partial charge is 0.266 e. The lowest BCUT2D eigenvalue weighted by atomic mass is 10.1. The second-order valence-corrected chi connectivity index (χ2v) is 6.59. The molecule has 0 bridgehead atoms. The molecule has 2 aliphatic rings. The number of rotatable bonds is 5. The molecule has 0 saturated carbocycles. The first-order valence-electron chi connectivity index (χ1n) is 6.92. The minimum absolute atomic E-state index is 0.00516. The predicted molar refractivity (Wildman–Crippen MR) is 88.6 cm³/mol. The van der Waals surface area contributed by atoms with Gasteiger partial charge in [-0.3, -0.25) is 9.69 Å². The van der Waals surface area contributed by atoms with Crippen LogP contribution in [0.15, 0.2) is 17.0 Å². The zero-order valence-electron chi connectivity index (χ0n) is 12.6. The number of hydrogen-bond donors (Lipinski definition) is 0. The van der Waals surface area contributed by atoms with Gasteiger partial charge in [0.1, 0.15) is 4.32 Å². The van der Waals surface area contributed by atoms with Gasteiger partial charge >= 0.3 is 0 Å². The maximum Gasteiger partial charge on any atom is 0.266 e. The summed E-state index contributed by atoms with van der Waals surface area (Å²) in [4.78, 5) is 24.6. The monoisotopic (exact) mass is 366 g/mol. The molecule has 0 radical (unpaired) electrons. The van der Waals surface area contributed by atoms with Gasteiger partial charge in [-0.1, -0.05) is 24.0 Å². The molecule has 1 aromatic rings. The highest BCUT2D eigenvalue weighted by molar-refractivity contribution is 8.26. The number of carboxylic acid groups (broad SMARTS) is 1. The lowest BCUT2D eigenvalue weighted by Gasteiger charge is -2.14. The van der Waals surface area contributed by atoms with E-state index in [1.54, 1.807) is 18.2 Å². The van der Waals surface area contributed by atoms with Gasteiger partial charge in [0, 0.05) is 18.9 Å². The number of carboxylic acids is 1. The molecule has 9 heteroatoms. The summed E-state index contributed by atoms with van der Waals surface area (Å²) in [6.45, 7) is 0.106. The lowest BCUT2D eigenvalue weighted by molar-refractivity contribution is -0.305. The lowest BCUT2D eigenvalue weighted by Crippen LogP contribution is -2.33. The molecule has 1 aromatic carbocycles.